The van der Waals surface area contributed by atoms with Crippen molar-refractivity contribution in [3.8, 4) is 0 Å². The Morgan fingerprint density at radius 2 is 1.71 bits per heavy atom. The van der Waals surface area contributed by atoms with Crippen molar-refractivity contribution in [1.82, 2.24) is 4.47 Å². The number of Topliss-reactive ketones (excluding diaryl/α,β-unsaturated/α-hetero) is 2. The van der Waals surface area contributed by atoms with Crippen LogP contribution in [0.25, 0.3) is 0 Å². The van der Waals surface area contributed by atoms with Gasteiger partial charge in [-0.3, -0.25) is 19.3 Å². The monoisotopic (exact) mass is 601 g/mol. The molecule has 2 aliphatic heterocycles. The normalized spacial score (nSPS) is 18.5. The van der Waals surface area contributed by atoms with Crippen LogP contribution < -0.4 is 9.80 Å². The molecule has 0 aromatic heterocycles. The van der Waals surface area contributed by atoms with Gasteiger partial charge in [0, 0.05) is 38.1 Å². The van der Waals surface area contributed by atoms with Gasteiger partial charge in [0.05, 0.1) is 30.3 Å². The van der Waals surface area contributed by atoms with Crippen LogP contribution in [0.15, 0.2) is 41.3 Å². The zero-order valence-corrected chi connectivity index (χ0v) is 22.7. The molecule has 0 spiro atoms. The molecule has 2 aromatic rings. The first-order valence-corrected chi connectivity index (χ1v) is 14.1. The maximum absolute atomic E-state index is 15.2. The quantitative estimate of drug-likeness (QED) is 0.381. The number of ketones is 2. The molecule has 0 radical (unpaired) electrons. The van der Waals surface area contributed by atoms with E-state index in [9.17, 15) is 31.6 Å². The van der Waals surface area contributed by atoms with E-state index in [2.05, 4.69) is 0 Å². The van der Waals surface area contributed by atoms with Crippen LogP contribution >= 0.6 is 0 Å². The number of benzene rings is 2. The summed E-state index contributed by atoms with van der Waals surface area (Å²) >= 11 is 0. The highest BCUT2D eigenvalue weighted by atomic mass is 32.2. The second-order valence-corrected chi connectivity index (χ2v) is 11.4. The van der Waals surface area contributed by atoms with Gasteiger partial charge in [-0.25, -0.2) is 30.8 Å². The van der Waals surface area contributed by atoms with Crippen molar-refractivity contribution in [3.63, 3.8) is 0 Å². The maximum Gasteiger partial charge on any atom is 0.414 e. The minimum atomic E-state index is -4.11. The summed E-state index contributed by atoms with van der Waals surface area (Å²) in [7, 11) is -4.11. The summed E-state index contributed by atoms with van der Waals surface area (Å²) < 4.78 is 87.2. The summed E-state index contributed by atoms with van der Waals surface area (Å²) in [5.74, 6) is -3.42. The van der Waals surface area contributed by atoms with Gasteiger partial charge in [0.2, 0.25) is 0 Å². The smallest absolute Gasteiger partial charge is 0.414 e. The molecule has 0 saturated carbocycles. The summed E-state index contributed by atoms with van der Waals surface area (Å²) in [6.07, 6.45) is -5.50. The molecule has 2 heterocycles. The summed E-state index contributed by atoms with van der Waals surface area (Å²) in [6, 6.07) is 7.56. The fourth-order valence-electron chi connectivity index (χ4n) is 4.53. The predicted molar refractivity (Wildman–Crippen MR) is 137 cm³/mol. The summed E-state index contributed by atoms with van der Waals surface area (Å²) in [5, 5.41) is 0. The molecule has 15 heteroatoms. The number of hydrogen-bond acceptors (Lipinski definition) is 8. The average Bonchev–Trinajstić information content (AvgIpc) is 3.10. The van der Waals surface area contributed by atoms with Crippen molar-refractivity contribution < 1.29 is 49.9 Å². The highest BCUT2D eigenvalue weighted by Crippen LogP contribution is 2.32. The summed E-state index contributed by atoms with van der Waals surface area (Å²) in [6.45, 7) is 0.593. The van der Waals surface area contributed by atoms with Gasteiger partial charge in [0.1, 0.15) is 17.6 Å². The number of ether oxygens (including phenoxy) is 1. The number of halogens is 4. The number of hydroxylamine groups is 1. The first-order chi connectivity index (χ1) is 19.4. The van der Waals surface area contributed by atoms with Crippen LogP contribution in [0.4, 0.5) is 33.7 Å². The maximum atomic E-state index is 15.2. The van der Waals surface area contributed by atoms with Crippen LogP contribution in [0.1, 0.15) is 25.3 Å². The van der Waals surface area contributed by atoms with Crippen LogP contribution in [-0.2, 0) is 35.6 Å². The number of nitrogens with zero attached hydrogens (tertiary/aromatic N) is 3. The molecule has 1 atom stereocenters. The molecule has 10 nitrogen and oxygen atoms in total. The number of cyclic esters (lactones) is 1. The Labute approximate surface area is 233 Å². The minimum Gasteiger partial charge on any atom is -0.444 e. The third-order valence-electron chi connectivity index (χ3n) is 6.55. The lowest BCUT2D eigenvalue weighted by Gasteiger charge is -2.24. The SMILES string of the molecule is CC(=O)Cc1ccc(S(=O)(=O)N2CCN(c3c(F)cc(N4C[C@H](CCC(=O)C(F)F)OC4=O)cc3F)CCO2)cc1. The number of carbonyl (C=O) groups excluding carboxylic acids is 3. The van der Waals surface area contributed by atoms with Crippen molar-refractivity contribution in [1.29, 1.82) is 0 Å². The molecule has 2 aliphatic rings. The zero-order valence-electron chi connectivity index (χ0n) is 21.9. The van der Waals surface area contributed by atoms with Gasteiger partial charge < -0.3 is 9.64 Å². The molecule has 0 unspecified atom stereocenters. The second-order valence-electron chi connectivity index (χ2n) is 9.55. The summed E-state index contributed by atoms with van der Waals surface area (Å²) in [4.78, 5) is 42.2. The number of amides is 1. The molecule has 222 valence electrons. The summed E-state index contributed by atoms with van der Waals surface area (Å²) in [5.41, 5.74) is 0.0325. The third kappa shape index (κ3) is 7.02. The number of hydrogen-bond donors (Lipinski definition) is 0. The Balaban J connectivity index is 1.43. The van der Waals surface area contributed by atoms with Crippen LogP contribution in [0.5, 0.6) is 0 Å². The van der Waals surface area contributed by atoms with E-state index in [4.69, 9.17) is 9.57 Å². The Bertz CT molecular complexity index is 1400. The Morgan fingerprint density at radius 1 is 1.05 bits per heavy atom. The molecule has 0 bridgehead atoms. The number of anilines is 2. The molecule has 4 rings (SSSR count). The number of rotatable bonds is 10. The van der Waals surface area contributed by atoms with Gasteiger partial charge in [0.15, 0.2) is 17.4 Å². The lowest BCUT2D eigenvalue weighted by molar-refractivity contribution is -0.130. The Morgan fingerprint density at radius 3 is 2.32 bits per heavy atom. The average molecular weight is 602 g/mol. The van der Waals surface area contributed by atoms with Crippen LogP contribution in [-0.4, -0.2) is 75.9 Å². The topological polar surface area (TPSA) is 114 Å². The van der Waals surface area contributed by atoms with Crippen molar-refractivity contribution in [2.75, 3.05) is 42.6 Å². The molecule has 0 N–H and O–H groups in total. The van der Waals surface area contributed by atoms with Gasteiger partial charge in [-0.1, -0.05) is 16.6 Å². The lowest BCUT2D eigenvalue weighted by atomic mass is 10.1. The Kier molecular flexibility index (Phi) is 9.29. The van der Waals surface area contributed by atoms with Gasteiger partial charge in [-0.15, -0.1) is 0 Å². The van der Waals surface area contributed by atoms with Crippen molar-refractivity contribution >= 4 is 39.1 Å². The number of alkyl halides is 2. The molecule has 1 amide bonds. The van der Waals surface area contributed by atoms with Crippen molar-refractivity contribution in [3.05, 3.63) is 53.6 Å². The highest BCUT2D eigenvalue weighted by molar-refractivity contribution is 7.89. The van der Waals surface area contributed by atoms with Crippen LogP contribution in [0, 0.1) is 11.6 Å². The molecule has 2 aromatic carbocycles. The van der Waals surface area contributed by atoms with E-state index < -0.39 is 58.2 Å². The van der Waals surface area contributed by atoms with Gasteiger partial charge in [-0.2, -0.15) is 0 Å². The molecular weight excluding hydrogens is 574 g/mol. The van der Waals surface area contributed by atoms with E-state index in [1.165, 1.54) is 36.1 Å². The first-order valence-electron chi connectivity index (χ1n) is 12.6. The van der Waals surface area contributed by atoms with Crippen LogP contribution in [0.3, 0.4) is 0 Å². The zero-order chi connectivity index (χ0) is 29.9. The second kappa shape index (κ2) is 12.5. The standard InChI is InChI=1S/C26H27F4N3O7S/c1-16(34)12-17-2-5-20(6-3-17)41(37,38)33-9-8-31(10-11-39-33)24-21(27)13-18(14-22(24)28)32-15-19(40-26(32)36)4-7-23(35)25(29)30/h2-3,5-6,13-14,19,25H,4,7-12,15H2,1H3/t19-/m0/s1. The van der Waals surface area contributed by atoms with E-state index in [0.717, 1.165) is 21.5 Å². The first kappa shape index (κ1) is 30.4. The molecular formula is C26H27F4N3O7S. The van der Waals surface area contributed by atoms with E-state index in [0.29, 0.717) is 5.56 Å². The van der Waals surface area contributed by atoms with E-state index in [1.807, 2.05) is 0 Å². The van der Waals surface area contributed by atoms with E-state index >= 15 is 8.78 Å². The highest BCUT2D eigenvalue weighted by Gasteiger charge is 2.35. The van der Waals surface area contributed by atoms with Gasteiger partial charge in [-0.05, 0) is 31.0 Å². The van der Waals surface area contributed by atoms with Gasteiger partial charge >= 0.3 is 6.09 Å². The van der Waals surface area contributed by atoms with E-state index in [-0.39, 0.29) is 62.0 Å². The van der Waals surface area contributed by atoms with Crippen LogP contribution in [0.2, 0.25) is 0 Å². The molecule has 2 saturated heterocycles. The fourth-order valence-corrected chi connectivity index (χ4v) is 5.78. The minimum absolute atomic E-state index is 0.0528. The fraction of sp³-hybridized carbons (Fsp3) is 0.423. The third-order valence-corrected chi connectivity index (χ3v) is 8.24. The molecule has 2 fully saturated rings. The lowest BCUT2D eigenvalue weighted by Crippen LogP contribution is -2.35. The molecule has 0 aliphatic carbocycles. The van der Waals surface area contributed by atoms with Crippen molar-refractivity contribution in [2.24, 2.45) is 0 Å². The van der Waals surface area contributed by atoms with Crippen molar-refractivity contribution in [2.45, 2.75) is 43.6 Å². The molecule has 41 heavy (non-hydrogen) atoms. The van der Waals surface area contributed by atoms with Gasteiger partial charge in [0.25, 0.3) is 16.4 Å². The largest absolute Gasteiger partial charge is 0.444 e. The predicted octanol–water partition coefficient (Wildman–Crippen LogP) is 3.48. The number of carbonyl (C=O) groups is 3. The number of sulfonamides is 1. The van der Waals surface area contributed by atoms with E-state index in [1.54, 1.807) is 0 Å². The Hall–Kier alpha value is -3.56.